The van der Waals surface area contributed by atoms with Gasteiger partial charge in [-0.2, -0.15) is 0 Å². The number of nitrogens with zero attached hydrogens (tertiary/aromatic N) is 3. The average molecular weight is 370 g/mol. The molecule has 1 aliphatic rings. The maximum absolute atomic E-state index is 12.3. The maximum Gasteiger partial charge on any atom is 0.261 e. The lowest BCUT2D eigenvalue weighted by atomic mass is 10.1. The van der Waals surface area contributed by atoms with Gasteiger partial charge in [0.1, 0.15) is 5.82 Å². The third-order valence-electron chi connectivity index (χ3n) is 3.86. The summed E-state index contributed by atoms with van der Waals surface area (Å²) >= 11 is 3.11. The number of thiophene rings is 1. The summed E-state index contributed by atoms with van der Waals surface area (Å²) in [5.74, 6) is 0.914. The van der Waals surface area contributed by atoms with Gasteiger partial charge < -0.3 is 0 Å². The summed E-state index contributed by atoms with van der Waals surface area (Å²) in [5.41, 5.74) is 0.960. The van der Waals surface area contributed by atoms with Gasteiger partial charge in [-0.1, -0.05) is 30.0 Å². The molecular weight excluding hydrogens is 356 g/mol. The Kier molecular flexibility index (Phi) is 4.37. The van der Waals surface area contributed by atoms with Crippen molar-refractivity contribution in [2.75, 3.05) is 12.3 Å². The van der Waals surface area contributed by atoms with E-state index in [0.717, 1.165) is 12.2 Å². The van der Waals surface area contributed by atoms with Gasteiger partial charge in [0.15, 0.2) is 0 Å². The molecule has 3 heterocycles. The highest BCUT2D eigenvalue weighted by atomic mass is 32.2. The molecule has 8 heteroatoms. The first-order chi connectivity index (χ1) is 12.2. The summed E-state index contributed by atoms with van der Waals surface area (Å²) in [7, 11) is 0. The van der Waals surface area contributed by atoms with Crippen LogP contribution in [0.25, 0.3) is 0 Å². The predicted molar refractivity (Wildman–Crippen MR) is 96.0 cm³/mol. The molecule has 1 N–H and O–H groups in total. The maximum atomic E-state index is 12.3. The van der Waals surface area contributed by atoms with E-state index in [-0.39, 0.29) is 11.8 Å². The van der Waals surface area contributed by atoms with Crippen molar-refractivity contribution in [2.24, 2.45) is 0 Å². The second-order valence-corrected chi connectivity index (χ2v) is 7.57. The van der Waals surface area contributed by atoms with E-state index in [4.69, 9.17) is 0 Å². The van der Waals surface area contributed by atoms with Crippen molar-refractivity contribution in [3.05, 3.63) is 63.6 Å². The van der Waals surface area contributed by atoms with E-state index < -0.39 is 0 Å². The zero-order valence-corrected chi connectivity index (χ0v) is 14.8. The fraction of sp³-hybridized carbons (Fsp3) is 0.176. The van der Waals surface area contributed by atoms with Crippen molar-refractivity contribution >= 4 is 34.9 Å². The molecule has 2 aromatic heterocycles. The van der Waals surface area contributed by atoms with Gasteiger partial charge in [-0.25, -0.2) is 4.98 Å². The number of benzene rings is 1. The van der Waals surface area contributed by atoms with Crippen LogP contribution in [0, 0.1) is 0 Å². The number of carbonyl (C=O) groups excluding carboxylic acids is 2. The van der Waals surface area contributed by atoms with Crippen LogP contribution in [-0.4, -0.2) is 44.2 Å². The number of imide groups is 1. The summed E-state index contributed by atoms with van der Waals surface area (Å²) in [5, 5.41) is 9.77. The Bertz CT molecular complexity index is 885. The fourth-order valence-corrected chi connectivity index (χ4v) is 4.12. The normalized spacial score (nSPS) is 13.5. The van der Waals surface area contributed by atoms with Crippen molar-refractivity contribution in [3.8, 4) is 0 Å². The first-order valence-corrected chi connectivity index (χ1v) is 9.60. The van der Waals surface area contributed by atoms with E-state index >= 15 is 0 Å². The largest absolute Gasteiger partial charge is 0.273 e. The number of thioether (sulfide) groups is 1. The molecule has 126 valence electrons. The van der Waals surface area contributed by atoms with Crippen molar-refractivity contribution in [1.82, 2.24) is 20.1 Å². The number of H-pyrrole nitrogens is 1. The van der Waals surface area contributed by atoms with Crippen LogP contribution >= 0.6 is 23.1 Å². The highest BCUT2D eigenvalue weighted by molar-refractivity contribution is 7.99. The molecule has 1 aliphatic heterocycles. The van der Waals surface area contributed by atoms with E-state index in [9.17, 15) is 9.59 Å². The number of amides is 2. The Morgan fingerprint density at radius 3 is 2.52 bits per heavy atom. The quantitative estimate of drug-likeness (QED) is 0.533. The third-order valence-corrected chi connectivity index (χ3v) is 5.56. The average Bonchev–Trinajstić information content (AvgIpc) is 3.34. The van der Waals surface area contributed by atoms with Crippen molar-refractivity contribution in [3.63, 3.8) is 0 Å². The van der Waals surface area contributed by atoms with Gasteiger partial charge in [-0.15, -0.1) is 16.4 Å². The number of aromatic nitrogens is 3. The molecule has 4 rings (SSSR count). The summed E-state index contributed by atoms with van der Waals surface area (Å²) < 4.78 is 0. The molecule has 0 saturated heterocycles. The summed E-state index contributed by atoms with van der Waals surface area (Å²) in [4.78, 5) is 31.5. The first-order valence-electron chi connectivity index (χ1n) is 7.74. The number of fused-ring (bicyclic) bond motifs is 1. The molecule has 2 amide bonds. The van der Waals surface area contributed by atoms with Gasteiger partial charge in [0.2, 0.25) is 5.16 Å². The van der Waals surface area contributed by atoms with Crippen molar-refractivity contribution in [2.45, 2.75) is 11.6 Å². The monoisotopic (exact) mass is 370 g/mol. The van der Waals surface area contributed by atoms with Crippen molar-refractivity contribution < 1.29 is 9.59 Å². The highest BCUT2D eigenvalue weighted by Crippen LogP contribution is 2.23. The van der Waals surface area contributed by atoms with Crippen LogP contribution in [0.4, 0.5) is 0 Å². The number of rotatable bonds is 6. The number of aromatic amines is 1. The Labute approximate surface area is 152 Å². The molecule has 0 radical (unpaired) electrons. The van der Waals surface area contributed by atoms with Crippen LogP contribution in [0.15, 0.2) is 46.9 Å². The molecule has 0 spiro atoms. The molecule has 25 heavy (non-hydrogen) atoms. The Balaban J connectivity index is 1.34. The van der Waals surface area contributed by atoms with Gasteiger partial charge in [-0.3, -0.25) is 19.6 Å². The van der Waals surface area contributed by atoms with Crippen LogP contribution < -0.4 is 0 Å². The Hall–Kier alpha value is -2.45. The number of hydrogen-bond donors (Lipinski definition) is 1. The van der Waals surface area contributed by atoms with Crippen LogP contribution in [0.5, 0.6) is 0 Å². The minimum atomic E-state index is -0.227. The van der Waals surface area contributed by atoms with Crippen LogP contribution in [0.2, 0.25) is 0 Å². The van der Waals surface area contributed by atoms with E-state index in [2.05, 4.69) is 21.2 Å². The summed E-state index contributed by atoms with van der Waals surface area (Å²) in [6, 6.07) is 11.0. The highest BCUT2D eigenvalue weighted by Gasteiger charge is 2.34. The predicted octanol–water partition coefficient (Wildman–Crippen LogP) is 2.85. The lowest BCUT2D eigenvalue weighted by Gasteiger charge is -2.12. The van der Waals surface area contributed by atoms with Gasteiger partial charge in [0, 0.05) is 23.6 Å². The smallest absolute Gasteiger partial charge is 0.261 e. The lowest BCUT2D eigenvalue weighted by Crippen LogP contribution is -2.31. The van der Waals surface area contributed by atoms with Gasteiger partial charge in [0.25, 0.3) is 11.8 Å². The molecule has 3 aromatic rings. The Morgan fingerprint density at radius 2 is 1.84 bits per heavy atom. The van der Waals surface area contributed by atoms with Gasteiger partial charge in [0.05, 0.1) is 11.1 Å². The SMILES string of the molecule is O=C1c2ccccc2C(=O)N1CCSc1n[nH]c(Cc2cccs2)n1. The second kappa shape index (κ2) is 6.81. The van der Waals surface area contributed by atoms with E-state index in [1.54, 1.807) is 35.6 Å². The number of nitrogens with one attached hydrogen (secondary N) is 1. The molecule has 0 bridgehead atoms. The number of carbonyl (C=O) groups is 2. The van der Waals surface area contributed by atoms with E-state index in [1.165, 1.54) is 21.5 Å². The molecule has 0 aliphatic carbocycles. The van der Waals surface area contributed by atoms with Gasteiger partial charge in [-0.05, 0) is 23.6 Å². The standard InChI is InChI=1S/C17H14N4O2S2/c22-15-12-5-1-2-6-13(12)16(23)21(15)7-9-25-17-18-14(19-20-17)10-11-4-3-8-24-11/h1-6,8H,7,9-10H2,(H,18,19,20). The third kappa shape index (κ3) is 3.22. The summed E-state index contributed by atoms with van der Waals surface area (Å²) in [6.45, 7) is 0.339. The minimum Gasteiger partial charge on any atom is -0.273 e. The summed E-state index contributed by atoms with van der Waals surface area (Å²) in [6.07, 6.45) is 0.726. The van der Waals surface area contributed by atoms with Crippen LogP contribution in [-0.2, 0) is 6.42 Å². The molecular formula is C17H14N4O2S2. The van der Waals surface area contributed by atoms with E-state index in [1.807, 2.05) is 11.4 Å². The molecule has 6 nitrogen and oxygen atoms in total. The second-order valence-electron chi connectivity index (χ2n) is 5.48. The minimum absolute atomic E-state index is 0.227. The zero-order valence-electron chi connectivity index (χ0n) is 13.1. The van der Waals surface area contributed by atoms with Crippen molar-refractivity contribution in [1.29, 1.82) is 0 Å². The molecule has 0 atom stereocenters. The Morgan fingerprint density at radius 1 is 1.08 bits per heavy atom. The zero-order chi connectivity index (χ0) is 17.2. The van der Waals surface area contributed by atoms with Gasteiger partial charge >= 0.3 is 0 Å². The van der Waals surface area contributed by atoms with E-state index in [0.29, 0.717) is 28.6 Å². The number of hydrogen-bond acceptors (Lipinski definition) is 6. The molecule has 1 aromatic carbocycles. The first kappa shape index (κ1) is 16.0. The molecule has 0 fully saturated rings. The molecule has 0 saturated carbocycles. The van der Waals surface area contributed by atoms with Crippen LogP contribution in [0.1, 0.15) is 31.4 Å². The molecule has 0 unspecified atom stereocenters. The fourth-order valence-electron chi connectivity index (χ4n) is 2.67. The van der Waals surface area contributed by atoms with Crippen LogP contribution in [0.3, 0.4) is 0 Å². The lowest BCUT2D eigenvalue weighted by molar-refractivity contribution is 0.0664. The topological polar surface area (TPSA) is 79.0 Å².